The molecule has 3 rings (SSSR count). The quantitative estimate of drug-likeness (QED) is 0.410. The van der Waals surface area contributed by atoms with Crippen molar-refractivity contribution in [3.63, 3.8) is 0 Å². The highest BCUT2D eigenvalue weighted by atomic mass is 16.5. The van der Waals surface area contributed by atoms with E-state index in [2.05, 4.69) is 31.1 Å². The number of hydrogen-bond donors (Lipinski definition) is 1. The fraction of sp³-hybridized carbons (Fsp3) is 0.692. The molecule has 1 unspecified atom stereocenters. The molecule has 34 heavy (non-hydrogen) atoms. The number of rotatable bonds is 10. The Morgan fingerprint density at radius 3 is 2.65 bits per heavy atom. The number of aldehydes is 1. The number of anilines is 1. The summed E-state index contributed by atoms with van der Waals surface area (Å²) < 4.78 is 16.1. The molecule has 1 N–H and O–H groups in total. The van der Waals surface area contributed by atoms with Crippen molar-refractivity contribution in [2.24, 2.45) is 0 Å². The molecule has 0 bridgehead atoms. The number of unbranched alkanes of at least 4 members (excludes halogenated alkanes) is 1. The second-order valence-corrected chi connectivity index (χ2v) is 9.53. The predicted molar refractivity (Wildman–Crippen MR) is 135 cm³/mol. The summed E-state index contributed by atoms with van der Waals surface area (Å²) in [6.45, 7) is 9.97. The van der Waals surface area contributed by atoms with Crippen molar-refractivity contribution in [3.05, 3.63) is 23.8 Å². The Kier molecular flexibility index (Phi) is 11.4. The van der Waals surface area contributed by atoms with Crippen LogP contribution in [0, 0.1) is 0 Å². The third kappa shape index (κ3) is 7.50. The highest BCUT2D eigenvalue weighted by Crippen LogP contribution is 2.38. The van der Waals surface area contributed by atoms with Gasteiger partial charge in [-0.05, 0) is 78.2 Å². The molecule has 8 heteroatoms. The molecule has 0 aromatic heterocycles. The van der Waals surface area contributed by atoms with E-state index in [4.69, 9.17) is 14.2 Å². The minimum absolute atomic E-state index is 0.160. The van der Waals surface area contributed by atoms with E-state index in [-0.39, 0.29) is 12.5 Å². The Morgan fingerprint density at radius 2 is 2.06 bits per heavy atom. The summed E-state index contributed by atoms with van der Waals surface area (Å²) in [5.74, 6) is 0.425. The monoisotopic (exact) mass is 477 g/mol. The molecule has 1 amide bonds. The van der Waals surface area contributed by atoms with Gasteiger partial charge in [0.25, 0.3) is 5.91 Å². The maximum atomic E-state index is 12.9. The number of nitrogens with one attached hydrogen (secondary N) is 1. The third-order valence-electron chi connectivity index (χ3n) is 6.50. The van der Waals surface area contributed by atoms with Gasteiger partial charge in [-0.2, -0.15) is 0 Å². The van der Waals surface area contributed by atoms with E-state index in [1.165, 1.54) is 33.0 Å². The van der Waals surface area contributed by atoms with Crippen LogP contribution in [0.3, 0.4) is 0 Å². The van der Waals surface area contributed by atoms with Gasteiger partial charge < -0.3 is 24.4 Å². The first-order valence-electron chi connectivity index (χ1n) is 12.3. The van der Waals surface area contributed by atoms with Crippen LogP contribution >= 0.6 is 0 Å². The van der Waals surface area contributed by atoms with Gasteiger partial charge in [-0.25, -0.2) is 0 Å². The van der Waals surface area contributed by atoms with E-state index >= 15 is 0 Å². The van der Waals surface area contributed by atoms with Gasteiger partial charge in [-0.15, -0.1) is 0 Å². The fourth-order valence-electron chi connectivity index (χ4n) is 4.29. The lowest BCUT2D eigenvalue weighted by Crippen LogP contribution is -2.57. The van der Waals surface area contributed by atoms with Crippen LogP contribution < -0.4 is 15.0 Å². The number of amides is 1. The molecule has 8 nitrogen and oxygen atoms in total. The maximum Gasteiger partial charge on any atom is 0.273 e. The fourth-order valence-corrected chi connectivity index (χ4v) is 4.29. The lowest BCUT2D eigenvalue weighted by Gasteiger charge is -2.40. The summed E-state index contributed by atoms with van der Waals surface area (Å²) >= 11 is 0. The number of likely N-dealkylation sites (N-methyl/N-ethyl adjacent to an activating group) is 1. The Balaban J connectivity index is 0.000000310. The molecule has 2 heterocycles. The molecule has 192 valence electrons. The number of hydrogen-bond acceptors (Lipinski definition) is 7. The molecule has 0 radical (unpaired) electrons. The van der Waals surface area contributed by atoms with Crippen molar-refractivity contribution in [2.45, 2.75) is 64.1 Å². The molecular weight excluding hydrogens is 434 g/mol. The van der Waals surface area contributed by atoms with Gasteiger partial charge in [-0.3, -0.25) is 14.5 Å². The molecule has 0 spiro atoms. The van der Waals surface area contributed by atoms with Crippen LogP contribution in [0.1, 0.15) is 56.8 Å². The molecule has 1 aromatic rings. The van der Waals surface area contributed by atoms with Crippen LogP contribution in [0.4, 0.5) is 5.69 Å². The van der Waals surface area contributed by atoms with Crippen LogP contribution in [0.25, 0.3) is 0 Å². The van der Waals surface area contributed by atoms with E-state index in [9.17, 15) is 9.59 Å². The van der Waals surface area contributed by atoms with Gasteiger partial charge >= 0.3 is 0 Å². The topological polar surface area (TPSA) is 80.3 Å². The van der Waals surface area contributed by atoms with Crippen LogP contribution in [0.15, 0.2) is 18.2 Å². The van der Waals surface area contributed by atoms with Gasteiger partial charge in [-0.1, -0.05) is 0 Å². The Labute approximate surface area is 204 Å². The van der Waals surface area contributed by atoms with E-state index in [0.717, 1.165) is 25.2 Å². The molecule has 2 atom stereocenters. The molecule has 1 fully saturated rings. The van der Waals surface area contributed by atoms with Crippen LogP contribution in [0.2, 0.25) is 0 Å². The van der Waals surface area contributed by atoms with Crippen molar-refractivity contribution < 1.29 is 23.8 Å². The zero-order chi connectivity index (χ0) is 25.1. The van der Waals surface area contributed by atoms with Crippen molar-refractivity contribution in [1.82, 2.24) is 10.2 Å². The van der Waals surface area contributed by atoms with Gasteiger partial charge in [0, 0.05) is 51.6 Å². The zero-order valence-electron chi connectivity index (χ0n) is 21.8. The number of carbonyl (C=O) groups excluding carboxylic acids is 2. The smallest absolute Gasteiger partial charge is 0.273 e. The predicted octanol–water partition coefficient (Wildman–Crippen LogP) is 3.13. The van der Waals surface area contributed by atoms with E-state index < -0.39 is 5.60 Å². The van der Waals surface area contributed by atoms with Crippen molar-refractivity contribution in [1.29, 1.82) is 0 Å². The van der Waals surface area contributed by atoms with Crippen molar-refractivity contribution in [2.75, 3.05) is 59.0 Å². The number of fused-ring (bicyclic) bond motifs is 1. The highest BCUT2D eigenvalue weighted by molar-refractivity contribution is 6.03. The first-order valence-corrected chi connectivity index (χ1v) is 12.3. The summed E-state index contributed by atoms with van der Waals surface area (Å²) in [5.41, 5.74) is 0.0779. The van der Waals surface area contributed by atoms with E-state index in [1.807, 2.05) is 0 Å². The first kappa shape index (κ1) is 28.2. The third-order valence-corrected chi connectivity index (χ3v) is 6.50. The normalized spacial score (nSPS) is 22.2. The number of ether oxygens (including phenoxy) is 3. The lowest BCUT2D eigenvalue weighted by molar-refractivity contribution is -0.138. The molecule has 0 saturated carbocycles. The van der Waals surface area contributed by atoms with Crippen LogP contribution in [-0.4, -0.2) is 88.9 Å². The summed E-state index contributed by atoms with van der Waals surface area (Å²) in [7, 11) is 5.42. The van der Waals surface area contributed by atoms with E-state index in [0.29, 0.717) is 36.2 Å². The first-order chi connectivity index (χ1) is 16.3. The molecule has 2 aliphatic rings. The highest BCUT2D eigenvalue weighted by Gasteiger charge is 2.44. The molecule has 1 saturated heterocycles. The van der Waals surface area contributed by atoms with Gasteiger partial charge in [0.05, 0.1) is 12.3 Å². The average Bonchev–Trinajstić information content (AvgIpc) is 2.84. The largest absolute Gasteiger partial charge is 0.473 e. The Morgan fingerprint density at radius 1 is 1.29 bits per heavy atom. The number of carbonyl (C=O) groups is 2. The number of methoxy groups -OCH3 is 2. The molecule has 1 aromatic carbocycles. The van der Waals surface area contributed by atoms with Crippen molar-refractivity contribution in [3.8, 4) is 5.75 Å². The summed E-state index contributed by atoms with van der Waals surface area (Å²) in [4.78, 5) is 28.0. The molecular formula is C26H43N3O5. The summed E-state index contributed by atoms with van der Waals surface area (Å²) in [6.07, 6.45) is 5.11. The lowest BCUT2D eigenvalue weighted by atomic mass is 10.0. The Hall–Kier alpha value is -2.00. The van der Waals surface area contributed by atoms with Gasteiger partial charge in [0.15, 0.2) is 0 Å². The maximum absolute atomic E-state index is 12.9. The molecule has 2 aliphatic heterocycles. The minimum Gasteiger partial charge on any atom is -0.473 e. The summed E-state index contributed by atoms with van der Waals surface area (Å²) in [5, 5.41) is 3.43. The van der Waals surface area contributed by atoms with Crippen LogP contribution in [0.5, 0.6) is 5.75 Å². The average molecular weight is 478 g/mol. The van der Waals surface area contributed by atoms with Gasteiger partial charge in [0.2, 0.25) is 5.60 Å². The standard InChI is InChI=1S/C17H23NO5.C9H20N2/c1-17(12-22-3)16(20)18(8-4-5-9-21-2)14-10-13(11-19)6-7-15(14)23-17;1-8(2)11(3)9-5-4-6-10-7-9/h6-7,10-11H,4-5,8-9,12H2,1-3H3;8-10H,4-7H2,1-3H3/t;9-/m.1/s1. The molecule has 0 aliphatic carbocycles. The SMILES string of the molecule is CC(C)N(C)[C@@H]1CCCNC1.COCCCCN1C(=O)C(C)(COC)Oc2ccc(C=O)cc21. The van der Waals surface area contributed by atoms with Crippen LogP contribution in [-0.2, 0) is 14.3 Å². The number of benzene rings is 1. The van der Waals surface area contributed by atoms with Crippen molar-refractivity contribution >= 4 is 17.9 Å². The van der Waals surface area contributed by atoms with Gasteiger partial charge in [0.1, 0.15) is 12.0 Å². The van der Waals surface area contributed by atoms with E-state index in [1.54, 1.807) is 37.1 Å². The number of nitrogens with zero attached hydrogens (tertiary/aromatic N) is 2. The zero-order valence-corrected chi connectivity index (χ0v) is 21.8. The second kappa shape index (κ2) is 13.8. The Bertz CT molecular complexity index is 782. The second-order valence-electron chi connectivity index (χ2n) is 9.53. The number of piperidine rings is 1. The minimum atomic E-state index is -1.06. The summed E-state index contributed by atoms with van der Waals surface area (Å²) in [6, 6.07) is 6.53.